The maximum atomic E-state index is 13.9. The van der Waals surface area contributed by atoms with Crippen LogP contribution in [0.25, 0.3) is 5.70 Å². The van der Waals surface area contributed by atoms with Crippen LogP contribution in [0.4, 0.5) is 13.2 Å². The van der Waals surface area contributed by atoms with Gasteiger partial charge < -0.3 is 4.74 Å². The average Bonchev–Trinajstić information content (AvgIpc) is 3.17. The lowest BCUT2D eigenvalue weighted by atomic mass is 9.92. The number of hydroxylamine groups is 1. The first-order valence-electron chi connectivity index (χ1n) is 7.40. The molecule has 1 aliphatic heterocycles. The summed E-state index contributed by atoms with van der Waals surface area (Å²) in [5, 5.41) is 4.07. The lowest BCUT2D eigenvalue weighted by Crippen LogP contribution is -2.42. The van der Waals surface area contributed by atoms with Gasteiger partial charge in [0, 0.05) is 28.7 Å². The smallest absolute Gasteiger partial charge is 0.428 e. The van der Waals surface area contributed by atoms with Gasteiger partial charge in [-0.2, -0.15) is 18.3 Å². The van der Waals surface area contributed by atoms with E-state index in [0.717, 1.165) is 18.2 Å². The van der Waals surface area contributed by atoms with E-state index in [1.54, 1.807) is 0 Å². The zero-order chi connectivity index (χ0) is 20.0. The molecule has 0 saturated heterocycles. The Hall–Kier alpha value is -2.23. The van der Waals surface area contributed by atoms with Gasteiger partial charge in [-0.05, 0) is 24.3 Å². The van der Waals surface area contributed by atoms with E-state index in [0.29, 0.717) is 0 Å². The van der Waals surface area contributed by atoms with Crippen molar-refractivity contribution in [3.05, 3.63) is 57.3 Å². The molecule has 0 radical (unpaired) electrons. The van der Waals surface area contributed by atoms with Crippen molar-refractivity contribution >= 4 is 34.9 Å². The largest absolute Gasteiger partial charge is 0.464 e. The van der Waals surface area contributed by atoms with Crippen LogP contribution in [0.15, 0.2) is 30.3 Å². The van der Waals surface area contributed by atoms with Crippen LogP contribution in [0, 0.1) is 0 Å². The number of esters is 1. The molecule has 1 aliphatic rings. The van der Waals surface area contributed by atoms with E-state index in [1.807, 2.05) is 0 Å². The predicted octanol–water partition coefficient (Wildman–Crippen LogP) is 3.85. The summed E-state index contributed by atoms with van der Waals surface area (Å²) in [6.45, 7) is 0. The number of ether oxygens (including phenoxy) is 1. The van der Waals surface area contributed by atoms with Gasteiger partial charge in [-0.15, -0.1) is 0 Å². The third kappa shape index (κ3) is 3.38. The summed E-state index contributed by atoms with van der Waals surface area (Å²) in [6.07, 6.45) is -4.02. The Morgan fingerprint density at radius 3 is 2.44 bits per heavy atom. The van der Waals surface area contributed by atoms with Crippen molar-refractivity contribution in [3.8, 4) is 0 Å². The Kier molecular flexibility index (Phi) is 4.87. The second kappa shape index (κ2) is 6.74. The molecule has 0 aliphatic carbocycles. The van der Waals surface area contributed by atoms with Crippen LogP contribution >= 0.6 is 23.2 Å². The molecule has 1 aromatic heterocycles. The van der Waals surface area contributed by atoms with Crippen molar-refractivity contribution in [2.75, 3.05) is 7.11 Å². The van der Waals surface area contributed by atoms with Crippen molar-refractivity contribution in [2.24, 2.45) is 7.05 Å². The highest BCUT2D eigenvalue weighted by Crippen LogP contribution is 2.48. The Morgan fingerprint density at radius 1 is 1.26 bits per heavy atom. The van der Waals surface area contributed by atoms with Crippen LogP contribution in [-0.4, -0.2) is 29.0 Å². The number of methoxy groups -OCH3 is 1. The van der Waals surface area contributed by atoms with Gasteiger partial charge in [0.2, 0.25) is 5.60 Å². The number of aromatic nitrogens is 2. The highest BCUT2D eigenvalue weighted by molar-refractivity contribution is 6.34. The fourth-order valence-electron chi connectivity index (χ4n) is 2.63. The lowest BCUT2D eigenvalue weighted by Gasteiger charge is -2.28. The molecular formula is C16H12Cl2F3N3O3. The topological polar surface area (TPSA) is 65.4 Å². The summed E-state index contributed by atoms with van der Waals surface area (Å²) in [5.74, 6) is -0.681. The molecule has 0 amide bonds. The molecule has 0 saturated carbocycles. The zero-order valence-electron chi connectivity index (χ0n) is 13.9. The number of hydrogen-bond acceptors (Lipinski definition) is 5. The minimum absolute atomic E-state index is 0.0254. The van der Waals surface area contributed by atoms with E-state index in [-0.39, 0.29) is 32.7 Å². The zero-order valence-corrected chi connectivity index (χ0v) is 15.4. The van der Waals surface area contributed by atoms with Crippen LogP contribution in [-0.2, 0) is 22.2 Å². The Labute approximate surface area is 161 Å². The van der Waals surface area contributed by atoms with Gasteiger partial charge >= 0.3 is 12.1 Å². The van der Waals surface area contributed by atoms with Crippen molar-refractivity contribution in [1.82, 2.24) is 15.3 Å². The molecule has 0 spiro atoms. The van der Waals surface area contributed by atoms with E-state index in [9.17, 15) is 18.0 Å². The van der Waals surface area contributed by atoms with Crippen LogP contribution in [0.2, 0.25) is 10.0 Å². The summed E-state index contributed by atoms with van der Waals surface area (Å²) < 4.78 is 47.6. The van der Waals surface area contributed by atoms with Gasteiger partial charge in [0.1, 0.15) is 11.4 Å². The number of rotatable bonds is 3. The van der Waals surface area contributed by atoms with Crippen LogP contribution < -0.4 is 5.48 Å². The summed E-state index contributed by atoms with van der Waals surface area (Å²) in [6, 6.07) is 4.82. The highest BCUT2D eigenvalue weighted by Gasteiger charge is 2.60. The van der Waals surface area contributed by atoms with E-state index in [2.05, 4.69) is 15.3 Å². The summed E-state index contributed by atoms with van der Waals surface area (Å²) in [7, 11) is 2.64. The summed E-state index contributed by atoms with van der Waals surface area (Å²) >= 11 is 11.7. The van der Waals surface area contributed by atoms with E-state index < -0.39 is 17.7 Å². The van der Waals surface area contributed by atoms with Gasteiger partial charge in [0.05, 0.1) is 12.8 Å². The van der Waals surface area contributed by atoms with E-state index in [4.69, 9.17) is 28.0 Å². The number of nitrogens with one attached hydrogen (secondary N) is 1. The maximum Gasteiger partial charge on any atom is 0.428 e. The monoisotopic (exact) mass is 421 g/mol. The summed E-state index contributed by atoms with van der Waals surface area (Å²) in [5.41, 5.74) is -0.855. The van der Waals surface area contributed by atoms with Crippen molar-refractivity contribution in [1.29, 1.82) is 0 Å². The van der Waals surface area contributed by atoms with Crippen LogP contribution in [0.1, 0.15) is 21.7 Å². The lowest BCUT2D eigenvalue weighted by molar-refractivity contribution is -0.269. The fourth-order valence-corrected chi connectivity index (χ4v) is 3.16. The van der Waals surface area contributed by atoms with Crippen LogP contribution in [0.3, 0.4) is 0 Å². The SMILES string of the molecule is COC(=O)c1cc(C2=CC(c3cc(Cl)cc(Cl)c3)(C(F)(F)F)ON2)nn1C. The van der Waals surface area contributed by atoms with Gasteiger partial charge in [-0.25, -0.2) is 4.79 Å². The first-order chi connectivity index (χ1) is 12.6. The molecular weight excluding hydrogens is 410 g/mol. The third-order valence-electron chi connectivity index (χ3n) is 3.93. The molecule has 3 rings (SSSR count). The first kappa shape index (κ1) is 19.5. The number of aryl methyl sites for hydroxylation is 1. The Morgan fingerprint density at radius 2 is 1.89 bits per heavy atom. The number of carbonyl (C=O) groups is 1. The van der Waals surface area contributed by atoms with Gasteiger partial charge in [0.15, 0.2) is 0 Å². The van der Waals surface area contributed by atoms with Crippen LogP contribution in [0.5, 0.6) is 0 Å². The Bertz CT molecular complexity index is 922. The molecule has 6 nitrogen and oxygen atoms in total. The number of benzene rings is 1. The number of hydrogen-bond donors (Lipinski definition) is 1. The molecule has 2 heterocycles. The van der Waals surface area contributed by atoms with Gasteiger partial charge in [-0.3, -0.25) is 15.0 Å². The molecule has 27 heavy (non-hydrogen) atoms. The summed E-state index contributed by atoms with van der Waals surface area (Å²) in [4.78, 5) is 16.6. The highest BCUT2D eigenvalue weighted by atomic mass is 35.5. The number of carbonyl (C=O) groups excluding carboxylic acids is 1. The van der Waals surface area contributed by atoms with Gasteiger partial charge in [-0.1, -0.05) is 23.2 Å². The molecule has 0 fully saturated rings. The van der Waals surface area contributed by atoms with E-state index >= 15 is 0 Å². The molecule has 1 N–H and O–H groups in total. The normalized spacial score (nSPS) is 19.6. The van der Waals surface area contributed by atoms with Gasteiger partial charge in [0.25, 0.3) is 0 Å². The second-order valence-corrected chi connectivity index (χ2v) is 6.56. The minimum Gasteiger partial charge on any atom is -0.464 e. The second-order valence-electron chi connectivity index (χ2n) is 5.68. The quantitative estimate of drug-likeness (QED) is 0.762. The number of halogens is 5. The van der Waals surface area contributed by atoms with E-state index in [1.165, 1.54) is 31.0 Å². The maximum absolute atomic E-state index is 13.9. The molecule has 1 atom stereocenters. The fraction of sp³-hybridized carbons (Fsp3) is 0.250. The minimum atomic E-state index is -4.84. The number of nitrogens with zero attached hydrogens (tertiary/aromatic N) is 2. The molecule has 144 valence electrons. The van der Waals surface area contributed by atoms with Crippen molar-refractivity contribution in [3.63, 3.8) is 0 Å². The average molecular weight is 422 g/mol. The molecule has 1 aromatic carbocycles. The molecule has 0 bridgehead atoms. The predicted molar refractivity (Wildman–Crippen MR) is 90.9 cm³/mol. The van der Waals surface area contributed by atoms with Crippen molar-refractivity contribution in [2.45, 2.75) is 11.8 Å². The van der Waals surface area contributed by atoms with Crippen molar-refractivity contribution < 1.29 is 27.5 Å². The first-order valence-corrected chi connectivity index (χ1v) is 8.16. The molecule has 1 unspecified atom stereocenters. The number of alkyl halides is 3. The molecule has 2 aromatic rings. The third-order valence-corrected chi connectivity index (χ3v) is 4.37. The standard InChI is InChI=1S/C16H12Cl2F3N3O3/c1-24-13(14(25)26-2)6-11(22-24)12-7-15(27-23-12,16(19,20)21)8-3-9(17)5-10(18)4-8/h3-7,23H,1-2H3. The Balaban J connectivity index is 2.11. The molecule has 11 heteroatoms.